The van der Waals surface area contributed by atoms with Crippen molar-refractivity contribution >= 4 is 0 Å². The molecule has 0 aliphatic heterocycles. The van der Waals surface area contributed by atoms with E-state index in [9.17, 15) is 0 Å². The second-order valence-corrected chi connectivity index (χ2v) is 7.13. The molecule has 1 aromatic rings. The molecular weight excluding hydrogens is 262 g/mol. The summed E-state index contributed by atoms with van der Waals surface area (Å²) in [7, 11) is 1.69. The van der Waals surface area contributed by atoms with Gasteiger partial charge >= 0.3 is 0 Å². The average molecular weight is 293 g/mol. The summed E-state index contributed by atoms with van der Waals surface area (Å²) in [6.07, 6.45) is 1.02. The van der Waals surface area contributed by atoms with Crippen molar-refractivity contribution < 1.29 is 9.47 Å². The van der Waals surface area contributed by atoms with Gasteiger partial charge in [-0.05, 0) is 30.4 Å². The summed E-state index contributed by atoms with van der Waals surface area (Å²) in [5.41, 5.74) is 1.43. The first-order chi connectivity index (χ1) is 9.83. The van der Waals surface area contributed by atoms with E-state index < -0.39 is 0 Å². The number of para-hydroxylation sites is 1. The monoisotopic (exact) mass is 293 g/mol. The maximum Gasteiger partial charge on any atom is 0.165 e. The van der Waals surface area contributed by atoms with Gasteiger partial charge < -0.3 is 14.8 Å². The minimum atomic E-state index is 0.276. The lowest BCUT2D eigenvalue weighted by Gasteiger charge is -2.20. The van der Waals surface area contributed by atoms with Gasteiger partial charge in [0.2, 0.25) is 0 Å². The van der Waals surface area contributed by atoms with E-state index in [0.717, 1.165) is 36.6 Å². The molecule has 0 atom stereocenters. The summed E-state index contributed by atoms with van der Waals surface area (Å²) in [6.45, 7) is 13.6. The lowest BCUT2D eigenvalue weighted by Crippen LogP contribution is -2.20. The molecule has 0 saturated heterocycles. The molecule has 0 radical (unpaired) electrons. The van der Waals surface area contributed by atoms with Crippen LogP contribution in [0.1, 0.15) is 46.6 Å². The highest BCUT2D eigenvalue weighted by atomic mass is 16.5. The van der Waals surface area contributed by atoms with Crippen LogP contribution >= 0.6 is 0 Å². The van der Waals surface area contributed by atoms with Gasteiger partial charge in [-0.3, -0.25) is 0 Å². The number of ether oxygens (including phenoxy) is 2. The van der Waals surface area contributed by atoms with E-state index in [1.54, 1.807) is 7.11 Å². The molecule has 3 heteroatoms. The first-order valence-corrected chi connectivity index (χ1v) is 7.83. The molecule has 21 heavy (non-hydrogen) atoms. The Morgan fingerprint density at radius 1 is 1.19 bits per heavy atom. The lowest BCUT2D eigenvalue weighted by atomic mass is 9.93. The van der Waals surface area contributed by atoms with Crippen molar-refractivity contribution in [3.8, 4) is 11.5 Å². The van der Waals surface area contributed by atoms with Gasteiger partial charge in [0.15, 0.2) is 11.5 Å². The SMILES string of the molecule is COc1cccc(CNCC(C)C)c1OCCC(C)(C)C. The third kappa shape index (κ3) is 6.85. The van der Waals surface area contributed by atoms with Crippen molar-refractivity contribution in [2.24, 2.45) is 11.3 Å². The molecule has 0 fully saturated rings. The van der Waals surface area contributed by atoms with Crippen LogP contribution in [0.15, 0.2) is 18.2 Å². The molecule has 0 amide bonds. The van der Waals surface area contributed by atoms with E-state index in [1.807, 2.05) is 12.1 Å². The van der Waals surface area contributed by atoms with Gasteiger partial charge in [-0.1, -0.05) is 46.8 Å². The Morgan fingerprint density at radius 2 is 1.90 bits per heavy atom. The molecule has 0 saturated carbocycles. The molecular formula is C18H31NO2. The normalized spacial score (nSPS) is 11.8. The highest BCUT2D eigenvalue weighted by Gasteiger charge is 2.14. The Balaban J connectivity index is 2.73. The van der Waals surface area contributed by atoms with Crippen LogP contribution in [0.5, 0.6) is 11.5 Å². The Kier molecular flexibility index (Phi) is 7.03. The fraction of sp³-hybridized carbons (Fsp3) is 0.667. The largest absolute Gasteiger partial charge is 0.493 e. The smallest absolute Gasteiger partial charge is 0.165 e. The van der Waals surface area contributed by atoms with Crippen LogP contribution in [0.2, 0.25) is 0 Å². The third-order valence-corrected chi connectivity index (χ3v) is 3.25. The molecule has 0 bridgehead atoms. The number of benzene rings is 1. The van der Waals surface area contributed by atoms with Crippen molar-refractivity contribution in [1.29, 1.82) is 0 Å². The van der Waals surface area contributed by atoms with E-state index in [2.05, 4.69) is 46.0 Å². The van der Waals surface area contributed by atoms with Gasteiger partial charge in [-0.25, -0.2) is 0 Å². The highest BCUT2D eigenvalue weighted by molar-refractivity contribution is 5.46. The fourth-order valence-electron chi connectivity index (χ4n) is 1.98. The molecule has 0 unspecified atom stereocenters. The Hall–Kier alpha value is -1.22. The van der Waals surface area contributed by atoms with Crippen molar-refractivity contribution in [2.45, 2.75) is 47.6 Å². The molecule has 1 rings (SSSR count). The van der Waals surface area contributed by atoms with E-state index >= 15 is 0 Å². The molecule has 0 aromatic heterocycles. The van der Waals surface area contributed by atoms with Crippen LogP contribution in [0.3, 0.4) is 0 Å². The number of hydrogen-bond acceptors (Lipinski definition) is 3. The highest BCUT2D eigenvalue weighted by Crippen LogP contribution is 2.32. The van der Waals surface area contributed by atoms with Crippen molar-refractivity contribution in [2.75, 3.05) is 20.3 Å². The van der Waals surface area contributed by atoms with Gasteiger partial charge in [0.1, 0.15) is 0 Å². The van der Waals surface area contributed by atoms with Crippen molar-refractivity contribution in [1.82, 2.24) is 5.32 Å². The summed E-state index contributed by atoms with van der Waals surface area (Å²) in [6, 6.07) is 6.07. The second-order valence-electron chi connectivity index (χ2n) is 7.13. The summed E-state index contributed by atoms with van der Waals surface area (Å²) in [4.78, 5) is 0. The zero-order valence-corrected chi connectivity index (χ0v) is 14.5. The standard InChI is InChI=1S/C18H31NO2/c1-14(2)12-19-13-15-8-7-9-16(20-6)17(15)21-11-10-18(3,4)5/h7-9,14,19H,10-13H2,1-6H3. The van der Waals surface area contributed by atoms with Gasteiger partial charge in [0.05, 0.1) is 13.7 Å². The predicted molar refractivity (Wildman–Crippen MR) is 89.1 cm³/mol. The van der Waals surface area contributed by atoms with Gasteiger partial charge in [0, 0.05) is 12.1 Å². The Bertz CT molecular complexity index is 422. The van der Waals surface area contributed by atoms with E-state index in [1.165, 1.54) is 0 Å². The molecule has 3 nitrogen and oxygen atoms in total. The molecule has 0 heterocycles. The van der Waals surface area contributed by atoms with E-state index in [0.29, 0.717) is 12.5 Å². The average Bonchev–Trinajstić information content (AvgIpc) is 2.38. The predicted octanol–water partition coefficient (Wildman–Crippen LogP) is 4.26. The topological polar surface area (TPSA) is 30.5 Å². The number of methoxy groups -OCH3 is 1. The van der Waals surface area contributed by atoms with Gasteiger partial charge in [-0.2, -0.15) is 0 Å². The number of hydrogen-bond donors (Lipinski definition) is 1. The van der Waals surface area contributed by atoms with E-state index in [4.69, 9.17) is 9.47 Å². The van der Waals surface area contributed by atoms with Crippen LogP contribution < -0.4 is 14.8 Å². The van der Waals surface area contributed by atoms with Crippen LogP contribution in [0, 0.1) is 11.3 Å². The lowest BCUT2D eigenvalue weighted by molar-refractivity contribution is 0.232. The summed E-state index contributed by atoms with van der Waals surface area (Å²) >= 11 is 0. The molecule has 1 aromatic carbocycles. The van der Waals surface area contributed by atoms with Crippen LogP contribution in [0.4, 0.5) is 0 Å². The number of nitrogens with one attached hydrogen (secondary N) is 1. The zero-order valence-electron chi connectivity index (χ0n) is 14.5. The molecule has 120 valence electrons. The maximum atomic E-state index is 6.03. The molecule has 1 N–H and O–H groups in total. The van der Waals surface area contributed by atoms with E-state index in [-0.39, 0.29) is 5.41 Å². The van der Waals surface area contributed by atoms with Crippen LogP contribution in [0.25, 0.3) is 0 Å². The first-order valence-electron chi connectivity index (χ1n) is 7.83. The fourth-order valence-corrected chi connectivity index (χ4v) is 1.98. The zero-order chi connectivity index (χ0) is 15.9. The minimum Gasteiger partial charge on any atom is -0.493 e. The summed E-state index contributed by atoms with van der Waals surface area (Å²) < 4.78 is 11.5. The minimum absolute atomic E-state index is 0.276. The summed E-state index contributed by atoms with van der Waals surface area (Å²) in [5.74, 6) is 2.33. The summed E-state index contributed by atoms with van der Waals surface area (Å²) in [5, 5.41) is 3.46. The third-order valence-electron chi connectivity index (χ3n) is 3.25. The Morgan fingerprint density at radius 3 is 2.48 bits per heavy atom. The van der Waals surface area contributed by atoms with Gasteiger partial charge in [0.25, 0.3) is 0 Å². The first kappa shape index (κ1) is 17.8. The molecule has 0 spiro atoms. The van der Waals surface area contributed by atoms with Crippen molar-refractivity contribution in [3.05, 3.63) is 23.8 Å². The van der Waals surface area contributed by atoms with Crippen molar-refractivity contribution in [3.63, 3.8) is 0 Å². The van der Waals surface area contributed by atoms with Crippen LogP contribution in [-0.4, -0.2) is 20.3 Å². The van der Waals surface area contributed by atoms with Gasteiger partial charge in [-0.15, -0.1) is 0 Å². The maximum absolute atomic E-state index is 6.03. The van der Waals surface area contributed by atoms with Crippen LogP contribution in [-0.2, 0) is 6.54 Å². The quantitative estimate of drug-likeness (QED) is 0.777. The molecule has 0 aliphatic carbocycles. The number of rotatable bonds is 8. The Labute approximate surface area is 130 Å². The second kappa shape index (κ2) is 8.28. The molecule has 0 aliphatic rings.